The number of hydrogen-bond acceptors (Lipinski definition) is 1. The van der Waals surface area contributed by atoms with Gasteiger partial charge in [-0.1, -0.05) is 30.4 Å². The van der Waals surface area contributed by atoms with Crippen LogP contribution in [0.4, 0.5) is 10.5 Å². The first-order valence-corrected chi connectivity index (χ1v) is 4.65. The molecule has 0 unspecified atom stereocenters. The van der Waals surface area contributed by atoms with Crippen LogP contribution in [0.15, 0.2) is 42.5 Å². The van der Waals surface area contributed by atoms with Crippen molar-refractivity contribution in [2.24, 2.45) is 0 Å². The predicted octanol–water partition coefficient (Wildman–Crippen LogP) is 3.43. The van der Waals surface area contributed by atoms with E-state index in [1.807, 2.05) is 37.3 Å². The lowest BCUT2D eigenvalue weighted by Gasteiger charge is -2.19. The van der Waals surface area contributed by atoms with Gasteiger partial charge in [-0.15, -0.1) is 0 Å². The highest BCUT2D eigenvalue weighted by Crippen LogP contribution is 2.16. The molecule has 0 N–H and O–H groups in total. The van der Waals surface area contributed by atoms with Gasteiger partial charge in [0.1, 0.15) is 0 Å². The van der Waals surface area contributed by atoms with Crippen molar-refractivity contribution >= 4 is 22.7 Å². The molecule has 0 fully saturated rings. The van der Waals surface area contributed by atoms with Crippen LogP contribution in [0.2, 0.25) is 0 Å². The fourth-order valence-electron chi connectivity index (χ4n) is 1.13. The monoisotopic (exact) mass is 209 g/mol. The Hall–Kier alpha value is -1.28. The van der Waals surface area contributed by atoms with Gasteiger partial charge in [-0.2, -0.15) is 0 Å². The normalized spacial score (nSPS) is 9.57. The molecule has 0 aliphatic carbocycles. The molecule has 0 aliphatic rings. The van der Waals surface area contributed by atoms with Crippen LogP contribution in [0.25, 0.3) is 0 Å². The molecule has 0 radical (unpaired) electrons. The molecule has 0 heterocycles. The molecule has 1 amide bonds. The zero-order chi connectivity index (χ0) is 10.6. The number of amides is 1. The maximum absolute atomic E-state index is 11.1. The summed E-state index contributed by atoms with van der Waals surface area (Å²) in [5, 5.41) is -0.487. The van der Waals surface area contributed by atoms with Gasteiger partial charge in [-0.05, 0) is 30.7 Å². The molecule has 0 saturated carbocycles. The molecule has 74 valence electrons. The minimum atomic E-state index is -0.487. The summed E-state index contributed by atoms with van der Waals surface area (Å²) in [5.41, 5.74) is 1.68. The SMILES string of the molecule is C=C(C)CN(C(=O)Cl)c1ccccc1. The van der Waals surface area contributed by atoms with Gasteiger partial charge < -0.3 is 0 Å². The Kier molecular flexibility index (Phi) is 3.72. The number of rotatable bonds is 3. The summed E-state index contributed by atoms with van der Waals surface area (Å²) in [6, 6.07) is 9.29. The lowest BCUT2D eigenvalue weighted by Crippen LogP contribution is -2.27. The van der Waals surface area contributed by atoms with Crippen molar-refractivity contribution in [3.63, 3.8) is 0 Å². The van der Waals surface area contributed by atoms with E-state index in [-0.39, 0.29) is 0 Å². The third kappa shape index (κ3) is 2.89. The van der Waals surface area contributed by atoms with E-state index in [4.69, 9.17) is 11.6 Å². The number of para-hydroxylation sites is 1. The average Bonchev–Trinajstić information content (AvgIpc) is 2.15. The highest BCUT2D eigenvalue weighted by Gasteiger charge is 2.12. The first kappa shape index (κ1) is 10.8. The molecule has 1 aromatic rings. The summed E-state index contributed by atoms with van der Waals surface area (Å²) in [4.78, 5) is 12.6. The Morgan fingerprint density at radius 2 is 2.00 bits per heavy atom. The second kappa shape index (κ2) is 4.82. The molecule has 0 aromatic heterocycles. The number of hydrogen-bond donors (Lipinski definition) is 0. The van der Waals surface area contributed by atoms with Crippen molar-refractivity contribution in [3.05, 3.63) is 42.5 Å². The second-order valence-electron chi connectivity index (χ2n) is 3.13. The molecule has 0 bridgehead atoms. The molecule has 1 aromatic carbocycles. The molecule has 0 saturated heterocycles. The number of benzene rings is 1. The van der Waals surface area contributed by atoms with Gasteiger partial charge >= 0.3 is 5.37 Å². The maximum atomic E-state index is 11.1. The summed E-state index contributed by atoms with van der Waals surface area (Å²) in [7, 11) is 0. The van der Waals surface area contributed by atoms with Crippen molar-refractivity contribution in [2.45, 2.75) is 6.92 Å². The van der Waals surface area contributed by atoms with Crippen LogP contribution < -0.4 is 4.90 Å². The van der Waals surface area contributed by atoms with E-state index in [1.165, 1.54) is 4.90 Å². The Balaban J connectivity index is 2.89. The molecule has 0 aliphatic heterocycles. The Bertz CT molecular complexity index is 334. The number of anilines is 1. The minimum absolute atomic E-state index is 0.451. The topological polar surface area (TPSA) is 20.3 Å². The minimum Gasteiger partial charge on any atom is -0.295 e. The van der Waals surface area contributed by atoms with Gasteiger partial charge in [-0.3, -0.25) is 9.69 Å². The van der Waals surface area contributed by atoms with E-state index in [2.05, 4.69) is 6.58 Å². The van der Waals surface area contributed by atoms with Crippen molar-refractivity contribution in [1.29, 1.82) is 0 Å². The third-order valence-electron chi connectivity index (χ3n) is 1.71. The van der Waals surface area contributed by atoms with Crippen molar-refractivity contribution in [2.75, 3.05) is 11.4 Å². The van der Waals surface area contributed by atoms with Crippen LogP contribution in [0.5, 0.6) is 0 Å². The van der Waals surface area contributed by atoms with Gasteiger partial charge in [-0.25, -0.2) is 0 Å². The molecule has 0 atom stereocenters. The first-order chi connectivity index (χ1) is 6.61. The highest BCUT2D eigenvalue weighted by molar-refractivity contribution is 6.66. The van der Waals surface area contributed by atoms with E-state index in [1.54, 1.807) is 0 Å². The van der Waals surface area contributed by atoms with Crippen LogP contribution >= 0.6 is 11.6 Å². The number of carbonyl (C=O) groups excluding carboxylic acids is 1. The Morgan fingerprint density at radius 1 is 1.43 bits per heavy atom. The zero-order valence-electron chi connectivity index (χ0n) is 8.03. The predicted molar refractivity (Wildman–Crippen MR) is 59.9 cm³/mol. The van der Waals surface area contributed by atoms with E-state index in [0.717, 1.165) is 11.3 Å². The number of halogens is 1. The molecule has 14 heavy (non-hydrogen) atoms. The lowest BCUT2D eigenvalue weighted by atomic mass is 10.2. The van der Waals surface area contributed by atoms with Crippen molar-refractivity contribution in [1.82, 2.24) is 0 Å². The molecule has 0 spiro atoms. The fraction of sp³-hybridized carbons (Fsp3) is 0.182. The van der Waals surface area contributed by atoms with Crippen molar-refractivity contribution in [3.8, 4) is 0 Å². The van der Waals surface area contributed by atoms with Crippen LogP contribution in [0.1, 0.15) is 6.92 Å². The molecule has 3 heteroatoms. The second-order valence-corrected chi connectivity index (χ2v) is 3.46. The average molecular weight is 210 g/mol. The smallest absolute Gasteiger partial charge is 0.295 e. The quantitative estimate of drug-likeness (QED) is 0.424. The van der Waals surface area contributed by atoms with Gasteiger partial charge in [0.05, 0.1) is 0 Å². The summed E-state index contributed by atoms with van der Waals surface area (Å²) < 4.78 is 0. The van der Waals surface area contributed by atoms with Crippen LogP contribution in [-0.2, 0) is 0 Å². The Labute approximate surface area is 88.8 Å². The summed E-state index contributed by atoms with van der Waals surface area (Å²) >= 11 is 5.47. The zero-order valence-corrected chi connectivity index (χ0v) is 8.79. The van der Waals surface area contributed by atoms with Gasteiger partial charge in [0.15, 0.2) is 0 Å². The third-order valence-corrected chi connectivity index (χ3v) is 1.91. The molecule has 2 nitrogen and oxygen atoms in total. The number of nitrogens with zero attached hydrogens (tertiary/aromatic N) is 1. The fourth-order valence-corrected chi connectivity index (χ4v) is 1.29. The molecular weight excluding hydrogens is 198 g/mol. The van der Waals surface area contributed by atoms with Crippen LogP contribution in [-0.4, -0.2) is 11.9 Å². The van der Waals surface area contributed by atoms with Crippen LogP contribution in [0.3, 0.4) is 0 Å². The molecular formula is C11H12ClNO. The van der Waals surface area contributed by atoms with Gasteiger partial charge in [0, 0.05) is 12.2 Å². The first-order valence-electron chi connectivity index (χ1n) is 4.27. The van der Waals surface area contributed by atoms with E-state index in [9.17, 15) is 4.79 Å². The van der Waals surface area contributed by atoms with Gasteiger partial charge in [0.25, 0.3) is 0 Å². The lowest BCUT2D eigenvalue weighted by molar-refractivity contribution is 0.264. The van der Waals surface area contributed by atoms with Gasteiger partial charge in [0.2, 0.25) is 0 Å². The molecule has 1 rings (SSSR count). The van der Waals surface area contributed by atoms with E-state index >= 15 is 0 Å². The number of carbonyl (C=O) groups is 1. The van der Waals surface area contributed by atoms with Crippen LogP contribution in [0, 0.1) is 0 Å². The Morgan fingerprint density at radius 3 is 2.43 bits per heavy atom. The van der Waals surface area contributed by atoms with Crippen molar-refractivity contribution < 1.29 is 4.79 Å². The van der Waals surface area contributed by atoms with E-state index in [0.29, 0.717) is 6.54 Å². The highest BCUT2D eigenvalue weighted by atomic mass is 35.5. The largest absolute Gasteiger partial charge is 0.321 e. The summed E-state index contributed by atoms with van der Waals surface area (Å²) in [6.07, 6.45) is 0. The summed E-state index contributed by atoms with van der Waals surface area (Å²) in [6.45, 7) is 6.06. The maximum Gasteiger partial charge on any atom is 0.321 e. The standard InChI is InChI=1S/C11H12ClNO/c1-9(2)8-13(11(12)14)10-6-4-3-5-7-10/h3-7H,1,8H2,2H3. The van der Waals surface area contributed by atoms with E-state index < -0.39 is 5.37 Å². The summed E-state index contributed by atoms with van der Waals surface area (Å²) in [5.74, 6) is 0.